The monoisotopic (exact) mass is 590 g/mol. The number of ether oxygens (including phenoxy) is 1. The third-order valence-electron chi connectivity index (χ3n) is 4.68. The van der Waals surface area contributed by atoms with Gasteiger partial charge in [-0.1, -0.05) is 13.8 Å². The van der Waals surface area contributed by atoms with Crippen molar-refractivity contribution in [2.45, 2.75) is 74.8 Å². The molecule has 0 heterocycles. The molecule has 0 saturated carbocycles. The van der Waals surface area contributed by atoms with Crippen LogP contribution in [-0.4, -0.2) is 65.3 Å². The first-order valence-corrected chi connectivity index (χ1v) is 9.18. The van der Waals surface area contributed by atoms with Gasteiger partial charge in [0.15, 0.2) is 0 Å². The lowest BCUT2D eigenvalue weighted by molar-refractivity contribution is -0.461. The first-order chi connectivity index (χ1) is 15.9. The molecule has 0 bridgehead atoms. The van der Waals surface area contributed by atoms with Crippen LogP contribution in [0.25, 0.3) is 0 Å². The van der Waals surface area contributed by atoms with E-state index in [1.807, 2.05) is 0 Å². The summed E-state index contributed by atoms with van der Waals surface area (Å²) < 4.78 is 229. The van der Waals surface area contributed by atoms with E-state index >= 15 is 0 Å². The van der Waals surface area contributed by atoms with Gasteiger partial charge in [0, 0.05) is 5.92 Å². The van der Waals surface area contributed by atoms with Crippen LogP contribution in [-0.2, 0) is 9.53 Å². The van der Waals surface area contributed by atoms with E-state index in [1.54, 1.807) is 0 Å². The standard InChI is InChI=1S/C17H15F17O3/c1-6(2)8(7(3)9(35)36)37-5-4-10(18,19)11(20,21)12(22,23)13(24,25)14(26,27)15(28,29)16(30,31)17(32,33)34/h6H,4-5H2,1-3H3,(H,35,36). The maximum absolute atomic E-state index is 13.8. The molecule has 0 aromatic rings. The topological polar surface area (TPSA) is 46.5 Å². The molecule has 20 heteroatoms. The summed E-state index contributed by atoms with van der Waals surface area (Å²) in [5, 5.41) is 8.79. The normalized spacial score (nSPS) is 16.1. The second-order valence-electron chi connectivity index (χ2n) is 7.70. The van der Waals surface area contributed by atoms with Gasteiger partial charge in [0.05, 0.1) is 18.6 Å². The van der Waals surface area contributed by atoms with E-state index in [1.165, 1.54) is 0 Å². The Hall–Kier alpha value is -2.18. The Labute approximate surface area is 195 Å². The molecule has 0 aromatic carbocycles. The maximum Gasteiger partial charge on any atom is 0.460 e. The lowest BCUT2D eigenvalue weighted by Gasteiger charge is -2.42. The van der Waals surface area contributed by atoms with E-state index in [4.69, 9.17) is 5.11 Å². The number of hydrogen-bond acceptors (Lipinski definition) is 2. The molecule has 0 atom stereocenters. The number of aliphatic carboxylic acids is 1. The van der Waals surface area contributed by atoms with Crippen molar-refractivity contribution < 1.29 is 89.3 Å². The van der Waals surface area contributed by atoms with Gasteiger partial charge >= 0.3 is 53.6 Å². The van der Waals surface area contributed by atoms with Crippen LogP contribution in [0.3, 0.4) is 0 Å². The highest BCUT2D eigenvalue weighted by Gasteiger charge is 2.95. The summed E-state index contributed by atoms with van der Waals surface area (Å²) in [6.07, 6.45) is -10.6. The largest absolute Gasteiger partial charge is 0.497 e. The van der Waals surface area contributed by atoms with Crippen LogP contribution in [0, 0.1) is 5.92 Å². The van der Waals surface area contributed by atoms with Crippen LogP contribution in [0.5, 0.6) is 0 Å². The lowest BCUT2D eigenvalue weighted by Crippen LogP contribution is -2.74. The van der Waals surface area contributed by atoms with Crippen molar-refractivity contribution in [2.24, 2.45) is 5.92 Å². The lowest BCUT2D eigenvalue weighted by atomic mass is 9.88. The summed E-state index contributed by atoms with van der Waals surface area (Å²) in [5.41, 5.74) is -0.741. The number of allylic oxidation sites excluding steroid dienone is 1. The molecule has 0 aromatic heterocycles. The molecule has 0 spiro atoms. The second-order valence-corrected chi connectivity index (χ2v) is 7.70. The highest BCUT2D eigenvalue weighted by molar-refractivity contribution is 5.86. The molecule has 37 heavy (non-hydrogen) atoms. The van der Waals surface area contributed by atoms with E-state index in [-0.39, 0.29) is 0 Å². The van der Waals surface area contributed by atoms with Crippen LogP contribution < -0.4 is 0 Å². The molecule has 0 unspecified atom stereocenters. The number of carboxylic acid groups (broad SMARTS) is 1. The van der Waals surface area contributed by atoms with Crippen LogP contribution in [0.15, 0.2) is 11.3 Å². The van der Waals surface area contributed by atoms with Crippen LogP contribution in [0.1, 0.15) is 27.2 Å². The van der Waals surface area contributed by atoms with Gasteiger partial charge in [-0.05, 0) is 6.92 Å². The number of halogens is 17. The van der Waals surface area contributed by atoms with Gasteiger partial charge in [0.2, 0.25) is 0 Å². The average molecular weight is 590 g/mol. The molecule has 0 saturated heterocycles. The predicted octanol–water partition coefficient (Wildman–Crippen LogP) is 7.42. The molecule has 0 amide bonds. The van der Waals surface area contributed by atoms with Gasteiger partial charge in [-0.25, -0.2) is 4.79 Å². The van der Waals surface area contributed by atoms with Gasteiger partial charge in [-0.3, -0.25) is 0 Å². The molecule has 1 N–H and O–H groups in total. The zero-order chi connectivity index (χ0) is 30.4. The quantitative estimate of drug-likeness (QED) is 0.146. The Bertz CT molecular complexity index is 871. The van der Waals surface area contributed by atoms with Crippen LogP contribution in [0.4, 0.5) is 74.6 Å². The van der Waals surface area contributed by atoms with Gasteiger partial charge < -0.3 is 9.84 Å². The molecular formula is C17H15F17O3. The molecular weight excluding hydrogens is 575 g/mol. The number of carboxylic acids is 1. The summed E-state index contributed by atoms with van der Waals surface area (Å²) in [5.74, 6) is -60.4. The zero-order valence-electron chi connectivity index (χ0n) is 18.2. The molecule has 3 nitrogen and oxygen atoms in total. The van der Waals surface area contributed by atoms with Crippen LogP contribution >= 0.6 is 0 Å². The van der Waals surface area contributed by atoms with E-state index in [0.717, 1.165) is 20.8 Å². The van der Waals surface area contributed by atoms with Gasteiger partial charge in [-0.2, -0.15) is 74.6 Å². The van der Waals surface area contributed by atoms with Crippen molar-refractivity contribution in [2.75, 3.05) is 6.61 Å². The summed E-state index contributed by atoms with van der Waals surface area (Å²) in [6, 6.07) is 0. The minimum Gasteiger partial charge on any atom is -0.497 e. The summed E-state index contributed by atoms with van der Waals surface area (Å²) in [4.78, 5) is 10.9. The van der Waals surface area contributed by atoms with Crippen molar-refractivity contribution in [1.82, 2.24) is 0 Å². The van der Waals surface area contributed by atoms with E-state index in [0.29, 0.717) is 0 Å². The van der Waals surface area contributed by atoms with Gasteiger partial charge in [0.25, 0.3) is 0 Å². The number of rotatable bonds is 12. The summed E-state index contributed by atoms with van der Waals surface area (Å²) in [7, 11) is 0. The molecule has 220 valence electrons. The van der Waals surface area contributed by atoms with Gasteiger partial charge in [0.1, 0.15) is 5.76 Å². The molecule has 0 fully saturated rings. The van der Waals surface area contributed by atoms with E-state index in [2.05, 4.69) is 4.74 Å². The number of hydrogen-bond donors (Lipinski definition) is 1. The Balaban J connectivity index is 6.42. The van der Waals surface area contributed by atoms with Crippen LogP contribution in [0.2, 0.25) is 0 Å². The smallest absolute Gasteiger partial charge is 0.460 e. The zero-order valence-corrected chi connectivity index (χ0v) is 18.2. The van der Waals surface area contributed by atoms with Crippen molar-refractivity contribution in [3.05, 3.63) is 11.3 Å². The van der Waals surface area contributed by atoms with E-state index in [9.17, 15) is 79.4 Å². The fourth-order valence-electron chi connectivity index (χ4n) is 2.46. The third-order valence-corrected chi connectivity index (χ3v) is 4.68. The fraction of sp³-hybridized carbons (Fsp3) is 0.824. The number of carbonyl (C=O) groups is 1. The highest BCUT2D eigenvalue weighted by Crippen LogP contribution is 2.64. The molecule has 0 radical (unpaired) electrons. The highest BCUT2D eigenvalue weighted by atomic mass is 19.4. The number of alkyl halides is 17. The first-order valence-electron chi connectivity index (χ1n) is 9.18. The first kappa shape index (κ1) is 34.8. The molecule has 0 aliphatic carbocycles. The van der Waals surface area contributed by atoms with Crippen molar-refractivity contribution in [1.29, 1.82) is 0 Å². The molecule has 0 aliphatic rings. The van der Waals surface area contributed by atoms with Crippen molar-refractivity contribution >= 4 is 5.97 Å². The maximum atomic E-state index is 13.8. The Morgan fingerprint density at radius 2 is 0.973 bits per heavy atom. The third kappa shape index (κ3) is 5.37. The SMILES string of the molecule is CC(C(=O)O)=C(OCCC(F)(F)C(F)(F)C(F)(F)C(F)(F)C(F)(F)C(F)(F)C(F)(F)C(F)(F)F)C(C)C. The Kier molecular flexibility index (Phi) is 9.27. The molecule has 0 rings (SSSR count). The van der Waals surface area contributed by atoms with E-state index < -0.39 is 83.9 Å². The minimum atomic E-state index is -8.69. The summed E-state index contributed by atoms with van der Waals surface area (Å²) in [6.45, 7) is 1.17. The minimum absolute atomic E-state index is 0.732. The molecule has 0 aliphatic heterocycles. The predicted molar refractivity (Wildman–Crippen MR) is 86.4 cm³/mol. The van der Waals surface area contributed by atoms with Gasteiger partial charge in [-0.15, -0.1) is 0 Å². The van der Waals surface area contributed by atoms with Crippen molar-refractivity contribution in [3.8, 4) is 0 Å². The Morgan fingerprint density at radius 3 is 1.27 bits per heavy atom. The summed E-state index contributed by atoms with van der Waals surface area (Å²) >= 11 is 0. The Morgan fingerprint density at radius 1 is 0.649 bits per heavy atom. The average Bonchev–Trinajstić information content (AvgIpc) is 2.68. The van der Waals surface area contributed by atoms with Crippen molar-refractivity contribution in [3.63, 3.8) is 0 Å². The fourth-order valence-corrected chi connectivity index (χ4v) is 2.46. The second kappa shape index (κ2) is 9.85.